The van der Waals surface area contributed by atoms with Crippen LogP contribution in [0, 0.1) is 5.82 Å². The van der Waals surface area contributed by atoms with Gasteiger partial charge in [-0.1, -0.05) is 6.07 Å². The molecule has 0 aliphatic heterocycles. The largest absolute Gasteiger partial charge is 0.383 e. The van der Waals surface area contributed by atoms with Crippen molar-refractivity contribution in [2.24, 2.45) is 0 Å². The van der Waals surface area contributed by atoms with Gasteiger partial charge in [-0.05, 0) is 35.1 Å². The summed E-state index contributed by atoms with van der Waals surface area (Å²) in [6, 6.07) is 4.65. The molecule has 1 aromatic carbocycles. The molecule has 1 aromatic rings. The van der Waals surface area contributed by atoms with Crippen LogP contribution in [-0.2, 0) is 4.74 Å². The van der Waals surface area contributed by atoms with E-state index in [4.69, 9.17) is 4.74 Å². The molecular formula is C13H18BrFN2O2. The van der Waals surface area contributed by atoms with Crippen molar-refractivity contribution >= 4 is 21.8 Å². The molecule has 0 bridgehead atoms. The van der Waals surface area contributed by atoms with Crippen LogP contribution in [0.25, 0.3) is 0 Å². The third-order valence-corrected chi connectivity index (χ3v) is 3.26. The van der Waals surface area contributed by atoms with E-state index in [-0.39, 0.29) is 10.0 Å². The first-order chi connectivity index (χ1) is 9.06. The topological polar surface area (TPSA) is 41.6 Å². The van der Waals surface area contributed by atoms with Crippen molar-refractivity contribution in [3.05, 3.63) is 34.1 Å². The Labute approximate surface area is 121 Å². The molecule has 0 saturated heterocycles. The lowest BCUT2D eigenvalue weighted by atomic mass is 10.2. The van der Waals surface area contributed by atoms with E-state index in [1.54, 1.807) is 19.2 Å². The molecular weight excluding hydrogens is 315 g/mol. The Morgan fingerprint density at radius 1 is 1.47 bits per heavy atom. The summed E-state index contributed by atoms with van der Waals surface area (Å²) in [5, 5.41) is 2.69. The SMILES string of the molecule is COCCN(C)CCNC(=O)c1cccc(Br)c1F. The zero-order chi connectivity index (χ0) is 14.3. The normalized spacial score (nSPS) is 10.8. The van der Waals surface area contributed by atoms with Crippen LogP contribution in [0.3, 0.4) is 0 Å². The van der Waals surface area contributed by atoms with Crippen molar-refractivity contribution in [2.45, 2.75) is 0 Å². The number of nitrogens with one attached hydrogen (secondary N) is 1. The van der Waals surface area contributed by atoms with Crippen molar-refractivity contribution in [2.75, 3.05) is 40.4 Å². The summed E-state index contributed by atoms with van der Waals surface area (Å²) in [6.07, 6.45) is 0. The number of carbonyl (C=O) groups is 1. The average Bonchev–Trinajstić information content (AvgIpc) is 2.39. The highest BCUT2D eigenvalue weighted by atomic mass is 79.9. The monoisotopic (exact) mass is 332 g/mol. The van der Waals surface area contributed by atoms with Gasteiger partial charge in [0.2, 0.25) is 0 Å². The summed E-state index contributed by atoms with van der Waals surface area (Å²) in [5.41, 5.74) is 0.0499. The van der Waals surface area contributed by atoms with Crippen LogP contribution in [0.4, 0.5) is 4.39 Å². The van der Waals surface area contributed by atoms with Gasteiger partial charge in [-0.3, -0.25) is 4.79 Å². The first kappa shape index (κ1) is 16.1. The zero-order valence-corrected chi connectivity index (χ0v) is 12.7. The van der Waals surface area contributed by atoms with Gasteiger partial charge in [0.1, 0.15) is 5.82 Å². The predicted octanol–water partition coefficient (Wildman–Crippen LogP) is 1.90. The van der Waals surface area contributed by atoms with Gasteiger partial charge in [-0.2, -0.15) is 0 Å². The van der Waals surface area contributed by atoms with Gasteiger partial charge in [0.25, 0.3) is 5.91 Å². The number of carbonyl (C=O) groups excluding carboxylic acids is 1. The Bertz CT molecular complexity index is 429. The number of hydrogen-bond acceptors (Lipinski definition) is 3. The maximum Gasteiger partial charge on any atom is 0.254 e. The van der Waals surface area contributed by atoms with Gasteiger partial charge in [-0.25, -0.2) is 4.39 Å². The van der Waals surface area contributed by atoms with Crippen LogP contribution in [0.5, 0.6) is 0 Å². The standard InChI is InChI=1S/C13H18BrFN2O2/c1-17(8-9-19-2)7-6-16-13(18)10-4-3-5-11(14)12(10)15/h3-5H,6-9H2,1-2H3,(H,16,18). The number of ether oxygens (including phenoxy) is 1. The Morgan fingerprint density at radius 2 is 2.21 bits per heavy atom. The van der Waals surface area contributed by atoms with E-state index in [2.05, 4.69) is 21.2 Å². The van der Waals surface area contributed by atoms with E-state index in [0.29, 0.717) is 19.7 Å². The average molecular weight is 333 g/mol. The number of rotatable bonds is 7. The quantitative estimate of drug-likeness (QED) is 0.829. The van der Waals surface area contributed by atoms with Gasteiger partial charge in [0.15, 0.2) is 0 Å². The second-order valence-corrected chi connectivity index (χ2v) is 5.01. The minimum absolute atomic E-state index is 0.0499. The fourth-order valence-electron chi connectivity index (χ4n) is 1.49. The highest BCUT2D eigenvalue weighted by Gasteiger charge is 2.13. The smallest absolute Gasteiger partial charge is 0.254 e. The maximum atomic E-state index is 13.7. The Kier molecular flexibility index (Phi) is 6.97. The number of amides is 1. The van der Waals surface area contributed by atoms with Crippen LogP contribution in [0.2, 0.25) is 0 Å². The van der Waals surface area contributed by atoms with Gasteiger partial charge in [-0.15, -0.1) is 0 Å². The molecule has 0 heterocycles. The van der Waals surface area contributed by atoms with Gasteiger partial charge in [0.05, 0.1) is 16.6 Å². The number of nitrogens with zero attached hydrogens (tertiary/aromatic N) is 1. The number of methoxy groups -OCH3 is 1. The molecule has 106 valence electrons. The first-order valence-electron chi connectivity index (χ1n) is 5.96. The van der Waals surface area contributed by atoms with E-state index in [1.807, 2.05) is 11.9 Å². The third kappa shape index (κ3) is 5.26. The summed E-state index contributed by atoms with van der Waals surface area (Å²) in [4.78, 5) is 13.8. The molecule has 4 nitrogen and oxygen atoms in total. The maximum absolute atomic E-state index is 13.7. The molecule has 1 amide bonds. The van der Waals surface area contributed by atoms with Crippen molar-refractivity contribution in [1.29, 1.82) is 0 Å². The molecule has 0 unspecified atom stereocenters. The Morgan fingerprint density at radius 3 is 2.89 bits per heavy atom. The summed E-state index contributed by atoms with van der Waals surface area (Å²) >= 11 is 3.06. The van der Waals surface area contributed by atoms with E-state index >= 15 is 0 Å². The number of benzene rings is 1. The number of likely N-dealkylation sites (N-methyl/N-ethyl adjacent to an activating group) is 1. The second-order valence-electron chi connectivity index (χ2n) is 4.15. The van der Waals surface area contributed by atoms with Crippen molar-refractivity contribution < 1.29 is 13.9 Å². The summed E-state index contributed by atoms with van der Waals surface area (Å²) in [7, 11) is 3.58. The van der Waals surface area contributed by atoms with E-state index in [1.165, 1.54) is 6.07 Å². The molecule has 1 rings (SSSR count). The Balaban J connectivity index is 2.41. The van der Waals surface area contributed by atoms with Crippen molar-refractivity contribution in [1.82, 2.24) is 10.2 Å². The van der Waals surface area contributed by atoms with Crippen LogP contribution >= 0.6 is 15.9 Å². The van der Waals surface area contributed by atoms with E-state index in [9.17, 15) is 9.18 Å². The lowest BCUT2D eigenvalue weighted by Crippen LogP contribution is -2.34. The molecule has 0 fully saturated rings. The summed E-state index contributed by atoms with van der Waals surface area (Å²) in [5.74, 6) is -0.938. The van der Waals surface area contributed by atoms with Crippen molar-refractivity contribution in [3.63, 3.8) is 0 Å². The second kappa shape index (κ2) is 8.24. The van der Waals surface area contributed by atoms with Crippen molar-refractivity contribution in [3.8, 4) is 0 Å². The molecule has 0 aliphatic carbocycles. The van der Waals surface area contributed by atoms with Crippen LogP contribution < -0.4 is 5.32 Å². The predicted molar refractivity (Wildman–Crippen MR) is 75.8 cm³/mol. The molecule has 0 atom stereocenters. The molecule has 6 heteroatoms. The van der Waals surface area contributed by atoms with Crippen LogP contribution in [0.15, 0.2) is 22.7 Å². The lowest BCUT2D eigenvalue weighted by molar-refractivity contribution is 0.0943. The fourth-order valence-corrected chi connectivity index (χ4v) is 1.86. The Hall–Kier alpha value is -0.980. The minimum Gasteiger partial charge on any atom is -0.383 e. The molecule has 0 aromatic heterocycles. The molecule has 19 heavy (non-hydrogen) atoms. The first-order valence-corrected chi connectivity index (χ1v) is 6.75. The van der Waals surface area contributed by atoms with Crippen LogP contribution in [-0.4, -0.2) is 51.2 Å². The molecule has 0 aliphatic rings. The lowest BCUT2D eigenvalue weighted by Gasteiger charge is -2.16. The number of halogens is 2. The molecule has 0 saturated carbocycles. The fraction of sp³-hybridized carbons (Fsp3) is 0.462. The molecule has 0 radical (unpaired) electrons. The van der Waals surface area contributed by atoms with Gasteiger partial charge >= 0.3 is 0 Å². The number of hydrogen-bond donors (Lipinski definition) is 1. The summed E-state index contributed by atoms with van der Waals surface area (Å²) in [6.45, 7) is 2.58. The van der Waals surface area contributed by atoms with E-state index < -0.39 is 11.7 Å². The van der Waals surface area contributed by atoms with Gasteiger partial charge in [0, 0.05) is 26.7 Å². The van der Waals surface area contributed by atoms with Crippen LogP contribution in [0.1, 0.15) is 10.4 Å². The summed E-state index contributed by atoms with van der Waals surface area (Å²) < 4.78 is 18.9. The third-order valence-electron chi connectivity index (χ3n) is 2.65. The van der Waals surface area contributed by atoms with Gasteiger partial charge < -0.3 is 15.0 Å². The highest BCUT2D eigenvalue weighted by molar-refractivity contribution is 9.10. The highest BCUT2D eigenvalue weighted by Crippen LogP contribution is 2.18. The van der Waals surface area contributed by atoms with E-state index in [0.717, 1.165) is 6.54 Å². The minimum atomic E-state index is -0.535. The molecule has 1 N–H and O–H groups in total. The zero-order valence-electron chi connectivity index (χ0n) is 11.1. The molecule has 0 spiro atoms.